The van der Waals surface area contributed by atoms with Gasteiger partial charge in [0.1, 0.15) is 0 Å². The van der Waals surface area contributed by atoms with Gasteiger partial charge >= 0.3 is 0 Å². The van der Waals surface area contributed by atoms with E-state index < -0.39 is 10.0 Å². The minimum absolute atomic E-state index is 0.00381. The zero-order valence-corrected chi connectivity index (χ0v) is 16.9. The summed E-state index contributed by atoms with van der Waals surface area (Å²) in [5.41, 5.74) is 12.4. The van der Waals surface area contributed by atoms with Crippen LogP contribution in [-0.4, -0.2) is 70.3 Å². The first-order valence-corrected chi connectivity index (χ1v) is 10.7. The summed E-state index contributed by atoms with van der Waals surface area (Å²) in [5, 5.41) is 5.61. The number of nitrogens with one attached hydrogen (secondary N) is 1. The van der Waals surface area contributed by atoms with E-state index in [1.807, 2.05) is 5.38 Å². The fourth-order valence-corrected chi connectivity index (χ4v) is 3.13. The number of nitrogens with two attached hydrogens (primary N) is 2. The number of hydrogen-bond donors (Lipinski definition) is 3. The van der Waals surface area contributed by atoms with Crippen molar-refractivity contribution in [1.82, 2.24) is 9.88 Å². The van der Waals surface area contributed by atoms with Gasteiger partial charge in [0.25, 0.3) is 10.0 Å². The first-order chi connectivity index (χ1) is 12.2. The molecule has 1 aromatic heterocycles. The molecule has 1 aromatic rings. The average Bonchev–Trinajstić information content (AvgIpc) is 2.97. The molecule has 1 rings (SSSR count). The van der Waals surface area contributed by atoms with Crippen molar-refractivity contribution in [3.05, 3.63) is 11.1 Å². The van der Waals surface area contributed by atoms with Crippen molar-refractivity contribution in [2.75, 3.05) is 45.4 Å². The lowest BCUT2D eigenvalue weighted by molar-refractivity contribution is 0.208. The van der Waals surface area contributed by atoms with Crippen LogP contribution in [0.25, 0.3) is 0 Å². The van der Waals surface area contributed by atoms with E-state index in [0.29, 0.717) is 30.8 Å². The molecule has 0 aliphatic carbocycles. The Labute approximate surface area is 158 Å². The number of aryl methyl sites for hydroxylation is 1. The topological polar surface area (TPSA) is 148 Å². The predicted molar refractivity (Wildman–Crippen MR) is 106 cm³/mol. The lowest BCUT2D eigenvalue weighted by Gasteiger charge is -2.17. The van der Waals surface area contributed by atoms with Crippen LogP contribution in [0.4, 0.5) is 5.13 Å². The van der Waals surface area contributed by atoms with Crippen LogP contribution < -0.4 is 16.8 Å². The van der Waals surface area contributed by atoms with Gasteiger partial charge in [-0.2, -0.15) is 0 Å². The summed E-state index contributed by atoms with van der Waals surface area (Å²) >= 11 is 1.46. The zero-order valence-electron chi connectivity index (χ0n) is 15.3. The van der Waals surface area contributed by atoms with Crippen molar-refractivity contribution in [2.45, 2.75) is 19.3 Å². The number of unbranched alkanes of at least 4 members (excludes halogenated alkanes) is 1. The van der Waals surface area contributed by atoms with Crippen molar-refractivity contribution < 1.29 is 13.2 Å². The van der Waals surface area contributed by atoms with Gasteiger partial charge in [0.05, 0.1) is 25.1 Å². The smallest absolute Gasteiger partial charge is 0.253 e. The molecule has 0 fully saturated rings. The predicted octanol–water partition coefficient (Wildman–Crippen LogP) is 0.0449. The molecule has 0 spiro atoms. The van der Waals surface area contributed by atoms with Gasteiger partial charge in [0.2, 0.25) is 5.96 Å². The Morgan fingerprint density at radius 3 is 2.81 bits per heavy atom. The van der Waals surface area contributed by atoms with Crippen LogP contribution in [0, 0.1) is 0 Å². The largest absolute Gasteiger partial charge is 0.383 e. The molecule has 0 saturated carbocycles. The highest BCUT2D eigenvalue weighted by molar-refractivity contribution is 7.89. The number of methoxy groups -OCH3 is 1. The number of ether oxygens (including phenoxy) is 1. The van der Waals surface area contributed by atoms with Crippen LogP contribution >= 0.6 is 11.3 Å². The number of hydrogen-bond acceptors (Lipinski definition) is 6. The first-order valence-electron chi connectivity index (χ1n) is 7.98. The van der Waals surface area contributed by atoms with Crippen LogP contribution in [0.3, 0.4) is 0 Å². The van der Waals surface area contributed by atoms with Crippen molar-refractivity contribution >= 4 is 38.4 Å². The SMILES string of the molecule is COCCN=C(N)Nc1nc(CCCCN(C)C(N)=NS(C)(=O)=O)cs1. The number of aliphatic imine (C=N–C) groups is 1. The van der Waals surface area contributed by atoms with Crippen molar-refractivity contribution in [3.8, 4) is 0 Å². The van der Waals surface area contributed by atoms with E-state index in [1.165, 1.54) is 11.3 Å². The number of sulfonamides is 1. The van der Waals surface area contributed by atoms with E-state index in [1.54, 1.807) is 19.1 Å². The van der Waals surface area contributed by atoms with Gasteiger partial charge in [-0.15, -0.1) is 15.7 Å². The van der Waals surface area contributed by atoms with E-state index in [4.69, 9.17) is 16.2 Å². The van der Waals surface area contributed by atoms with Gasteiger partial charge in [-0.3, -0.25) is 4.99 Å². The van der Waals surface area contributed by atoms with Gasteiger partial charge < -0.3 is 26.4 Å². The maximum Gasteiger partial charge on any atom is 0.253 e. The Kier molecular flexibility index (Phi) is 9.30. The normalized spacial score (nSPS) is 13.0. The summed E-state index contributed by atoms with van der Waals surface area (Å²) in [5.74, 6) is 0.307. The monoisotopic (exact) mass is 405 g/mol. The molecule has 26 heavy (non-hydrogen) atoms. The molecule has 148 valence electrons. The van der Waals surface area contributed by atoms with Crippen molar-refractivity contribution in [3.63, 3.8) is 0 Å². The fraction of sp³-hybridized carbons (Fsp3) is 0.643. The highest BCUT2D eigenvalue weighted by atomic mass is 32.2. The van der Waals surface area contributed by atoms with E-state index in [0.717, 1.165) is 31.2 Å². The second-order valence-corrected chi connectivity index (χ2v) is 8.10. The van der Waals surface area contributed by atoms with Crippen molar-refractivity contribution in [1.29, 1.82) is 0 Å². The number of rotatable bonds is 10. The third-order valence-corrected chi connectivity index (χ3v) is 4.52. The summed E-state index contributed by atoms with van der Waals surface area (Å²) < 4.78 is 30.5. The Morgan fingerprint density at radius 1 is 1.42 bits per heavy atom. The third-order valence-electron chi connectivity index (χ3n) is 3.19. The summed E-state index contributed by atoms with van der Waals surface area (Å²) in [4.78, 5) is 10.2. The first kappa shape index (κ1) is 22.1. The summed E-state index contributed by atoms with van der Waals surface area (Å²) in [6.07, 6.45) is 3.53. The molecule has 12 heteroatoms. The molecule has 0 bridgehead atoms. The van der Waals surface area contributed by atoms with Gasteiger partial charge in [0.15, 0.2) is 11.1 Å². The minimum Gasteiger partial charge on any atom is -0.383 e. The number of nitrogens with zero attached hydrogens (tertiary/aromatic N) is 4. The number of aromatic nitrogens is 1. The number of thiazole rings is 1. The maximum atomic E-state index is 11.1. The Bertz CT molecular complexity index is 716. The summed E-state index contributed by atoms with van der Waals surface area (Å²) in [6.45, 7) is 1.62. The van der Waals surface area contributed by atoms with Crippen LogP contribution in [0.1, 0.15) is 18.5 Å². The van der Waals surface area contributed by atoms with Gasteiger partial charge in [-0.1, -0.05) is 0 Å². The highest BCUT2D eigenvalue weighted by Gasteiger charge is 2.07. The van der Waals surface area contributed by atoms with Crippen LogP contribution in [0.2, 0.25) is 0 Å². The molecule has 0 aromatic carbocycles. The molecule has 10 nitrogen and oxygen atoms in total. The molecule has 0 atom stereocenters. The Hall–Kier alpha value is -1.92. The Balaban J connectivity index is 2.35. The fourth-order valence-electron chi connectivity index (χ4n) is 1.89. The highest BCUT2D eigenvalue weighted by Crippen LogP contribution is 2.16. The lowest BCUT2D eigenvalue weighted by atomic mass is 10.2. The zero-order chi connectivity index (χ0) is 19.6. The molecule has 5 N–H and O–H groups in total. The van der Waals surface area contributed by atoms with Gasteiger partial charge in [0, 0.05) is 26.1 Å². The number of guanidine groups is 2. The van der Waals surface area contributed by atoms with Crippen LogP contribution in [0.15, 0.2) is 14.8 Å². The molecule has 0 aliphatic heterocycles. The molecule has 0 radical (unpaired) electrons. The maximum absolute atomic E-state index is 11.1. The molecule has 1 heterocycles. The standard InChI is InChI=1S/C14H27N7O3S2/c1-21(13(16)20-26(3,22)23)8-5-4-6-11-10-25-14(18-11)19-12(15)17-7-9-24-2/h10H,4-9H2,1-3H3,(H2,16,20)(H3,15,17,18,19). The van der Waals surface area contributed by atoms with E-state index in [9.17, 15) is 8.42 Å². The molecule has 0 saturated heterocycles. The quantitative estimate of drug-likeness (QED) is 0.281. The second-order valence-electron chi connectivity index (χ2n) is 5.59. The molecular formula is C14H27N7O3S2. The van der Waals surface area contributed by atoms with Crippen molar-refractivity contribution in [2.24, 2.45) is 20.9 Å². The van der Waals surface area contributed by atoms with Crippen LogP contribution in [0.5, 0.6) is 0 Å². The lowest BCUT2D eigenvalue weighted by Crippen LogP contribution is -2.35. The molecule has 0 unspecified atom stereocenters. The third kappa shape index (κ3) is 9.53. The average molecular weight is 406 g/mol. The van der Waals surface area contributed by atoms with Crippen LogP contribution in [-0.2, 0) is 21.2 Å². The summed E-state index contributed by atoms with van der Waals surface area (Å²) in [7, 11) is -0.161. The summed E-state index contributed by atoms with van der Waals surface area (Å²) in [6, 6.07) is 0. The van der Waals surface area contributed by atoms with E-state index >= 15 is 0 Å². The molecular weight excluding hydrogens is 378 g/mol. The molecule has 0 amide bonds. The van der Waals surface area contributed by atoms with Gasteiger partial charge in [-0.05, 0) is 19.3 Å². The second kappa shape index (κ2) is 10.9. The van der Waals surface area contributed by atoms with E-state index in [2.05, 4.69) is 19.7 Å². The Morgan fingerprint density at radius 2 is 2.15 bits per heavy atom. The number of anilines is 1. The van der Waals surface area contributed by atoms with E-state index in [-0.39, 0.29) is 5.96 Å². The molecule has 0 aliphatic rings. The minimum atomic E-state index is -3.48. The van der Waals surface area contributed by atoms with Gasteiger partial charge in [-0.25, -0.2) is 13.4 Å².